The maximum atomic E-state index is 12.3. The van der Waals surface area contributed by atoms with E-state index >= 15 is 0 Å². The van der Waals surface area contributed by atoms with E-state index in [1.807, 2.05) is 0 Å². The van der Waals surface area contributed by atoms with Gasteiger partial charge in [-0.15, -0.1) is 11.6 Å². The van der Waals surface area contributed by atoms with Crippen molar-refractivity contribution in [2.75, 3.05) is 5.88 Å². The van der Waals surface area contributed by atoms with Crippen molar-refractivity contribution >= 4 is 29.0 Å². The smallest absolute Gasteiger partial charge is 0.293 e. The largest absolute Gasteiger partial charge is 0.416 e. The lowest BCUT2D eigenvalue weighted by Crippen LogP contribution is -2.08. The lowest BCUT2D eigenvalue weighted by molar-refractivity contribution is -0.137. The van der Waals surface area contributed by atoms with Crippen LogP contribution in [0.15, 0.2) is 18.2 Å². The van der Waals surface area contributed by atoms with E-state index in [0.717, 1.165) is 12.1 Å². The number of ketones is 1. The van der Waals surface area contributed by atoms with E-state index in [1.165, 1.54) is 0 Å². The minimum Gasteiger partial charge on any atom is -0.293 e. The zero-order chi connectivity index (χ0) is 11.6. The molecule has 82 valence electrons. The van der Waals surface area contributed by atoms with Crippen molar-refractivity contribution in [1.82, 2.24) is 0 Å². The number of Topliss-reactive ketones (excluding diaryl/α,β-unsaturated/α-hetero) is 1. The lowest BCUT2D eigenvalue weighted by Gasteiger charge is -2.08. The van der Waals surface area contributed by atoms with Crippen LogP contribution in [-0.4, -0.2) is 11.7 Å². The molecule has 0 saturated heterocycles. The first kappa shape index (κ1) is 12.3. The van der Waals surface area contributed by atoms with Crippen LogP contribution in [0.3, 0.4) is 0 Å². The number of halogens is 5. The second-order valence-electron chi connectivity index (χ2n) is 2.75. The maximum Gasteiger partial charge on any atom is 0.416 e. The Bertz CT molecular complexity index is 387. The zero-order valence-corrected chi connectivity index (χ0v) is 8.75. The van der Waals surface area contributed by atoms with Crippen molar-refractivity contribution in [3.63, 3.8) is 0 Å². The Balaban J connectivity index is 3.23. The van der Waals surface area contributed by atoms with Crippen molar-refractivity contribution < 1.29 is 18.0 Å². The van der Waals surface area contributed by atoms with Gasteiger partial charge in [-0.1, -0.05) is 11.6 Å². The molecule has 0 unspecified atom stereocenters. The number of carbonyl (C=O) groups excluding carboxylic acids is 1. The fourth-order valence-electron chi connectivity index (χ4n) is 0.987. The first-order valence-electron chi connectivity index (χ1n) is 3.82. The molecular weight excluding hydrogens is 252 g/mol. The molecule has 0 aliphatic heterocycles. The van der Waals surface area contributed by atoms with Gasteiger partial charge in [-0.2, -0.15) is 13.2 Å². The quantitative estimate of drug-likeness (QED) is 0.582. The molecule has 0 fully saturated rings. The average Bonchev–Trinajstić information content (AvgIpc) is 2.15. The Morgan fingerprint density at radius 2 is 1.93 bits per heavy atom. The Hall–Kier alpha value is -0.740. The molecular formula is C9H5Cl2F3O. The van der Waals surface area contributed by atoms with Gasteiger partial charge in [0.15, 0.2) is 5.78 Å². The molecule has 1 rings (SSSR count). The van der Waals surface area contributed by atoms with Crippen LogP contribution in [0.1, 0.15) is 15.9 Å². The summed E-state index contributed by atoms with van der Waals surface area (Å²) in [6, 6.07) is 2.55. The monoisotopic (exact) mass is 256 g/mol. The van der Waals surface area contributed by atoms with E-state index in [0.29, 0.717) is 6.07 Å². The van der Waals surface area contributed by atoms with Crippen LogP contribution >= 0.6 is 23.2 Å². The number of carbonyl (C=O) groups is 1. The summed E-state index contributed by atoms with van der Waals surface area (Å²) in [7, 11) is 0. The fourth-order valence-corrected chi connectivity index (χ4v) is 1.35. The average molecular weight is 257 g/mol. The van der Waals surface area contributed by atoms with Crippen molar-refractivity contribution in [2.24, 2.45) is 0 Å². The third-order valence-corrected chi connectivity index (χ3v) is 2.29. The third kappa shape index (κ3) is 2.86. The van der Waals surface area contributed by atoms with Gasteiger partial charge in [0, 0.05) is 5.56 Å². The van der Waals surface area contributed by atoms with Gasteiger partial charge in [0.1, 0.15) is 0 Å². The number of hydrogen-bond acceptors (Lipinski definition) is 1. The van der Waals surface area contributed by atoms with E-state index in [1.54, 1.807) is 0 Å². The molecule has 0 saturated carbocycles. The summed E-state index contributed by atoms with van der Waals surface area (Å²) in [5.41, 5.74) is -1.12. The molecule has 0 radical (unpaired) electrons. The fraction of sp³-hybridized carbons (Fsp3) is 0.222. The Labute approximate surface area is 93.8 Å². The van der Waals surface area contributed by atoms with Crippen LogP contribution < -0.4 is 0 Å². The second kappa shape index (κ2) is 4.41. The predicted octanol–water partition coefficient (Wildman–Crippen LogP) is 3.78. The van der Waals surface area contributed by atoms with Crippen molar-refractivity contribution in [3.05, 3.63) is 34.3 Å². The summed E-state index contributed by atoms with van der Waals surface area (Å²) in [4.78, 5) is 11.1. The highest BCUT2D eigenvalue weighted by molar-refractivity contribution is 6.37. The van der Waals surface area contributed by atoms with Crippen molar-refractivity contribution in [3.8, 4) is 0 Å². The van der Waals surface area contributed by atoms with Crippen LogP contribution in [0.5, 0.6) is 0 Å². The molecule has 0 aromatic heterocycles. The molecule has 1 nitrogen and oxygen atoms in total. The minimum absolute atomic E-state index is 0.0337. The zero-order valence-electron chi connectivity index (χ0n) is 7.24. The SMILES string of the molecule is O=C(CCl)c1cc(C(F)(F)F)ccc1Cl. The highest BCUT2D eigenvalue weighted by Gasteiger charge is 2.31. The van der Waals surface area contributed by atoms with Gasteiger partial charge in [0.25, 0.3) is 0 Å². The van der Waals surface area contributed by atoms with E-state index < -0.39 is 23.4 Å². The van der Waals surface area contributed by atoms with Gasteiger partial charge < -0.3 is 0 Å². The van der Waals surface area contributed by atoms with Crippen molar-refractivity contribution in [2.45, 2.75) is 6.18 Å². The number of rotatable bonds is 2. The minimum atomic E-state index is -4.49. The standard InChI is InChI=1S/C9H5Cl2F3O/c10-4-8(15)6-3-5(9(12,13)14)1-2-7(6)11/h1-3H,4H2. The third-order valence-electron chi connectivity index (χ3n) is 1.72. The second-order valence-corrected chi connectivity index (χ2v) is 3.42. The summed E-state index contributed by atoms with van der Waals surface area (Å²) >= 11 is 10.8. The van der Waals surface area contributed by atoms with Gasteiger partial charge in [-0.05, 0) is 18.2 Å². The first-order valence-corrected chi connectivity index (χ1v) is 4.73. The van der Waals surface area contributed by atoms with E-state index in [2.05, 4.69) is 0 Å². The molecule has 0 heterocycles. The topological polar surface area (TPSA) is 17.1 Å². The van der Waals surface area contributed by atoms with E-state index in [-0.39, 0.29) is 10.6 Å². The molecule has 0 atom stereocenters. The van der Waals surface area contributed by atoms with E-state index in [4.69, 9.17) is 23.2 Å². The number of alkyl halides is 4. The van der Waals surface area contributed by atoms with Gasteiger partial charge >= 0.3 is 6.18 Å². The number of hydrogen-bond donors (Lipinski definition) is 0. The lowest BCUT2D eigenvalue weighted by atomic mass is 10.1. The highest BCUT2D eigenvalue weighted by atomic mass is 35.5. The predicted molar refractivity (Wildman–Crippen MR) is 51.5 cm³/mol. The molecule has 0 aliphatic rings. The molecule has 0 amide bonds. The molecule has 6 heteroatoms. The summed E-state index contributed by atoms with van der Waals surface area (Å²) in [5.74, 6) is -1.03. The normalized spacial score (nSPS) is 11.5. The summed E-state index contributed by atoms with van der Waals surface area (Å²) < 4.78 is 36.8. The van der Waals surface area contributed by atoms with Gasteiger partial charge in [-0.3, -0.25) is 4.79 Å². The number of benzene rings is 1. The molecule has 1 aromatic carbocycles. The van der Waals surface area contributed by atoms with Crippen LogP contribution in [-0.2, 0) is 6.18 Å². The highest BCUT2D eigenvalue weighted by Crippen LogP contribution is 2.31. The molecule has 0 bridgehead atoms. The van der Waals surface area contributed by atoms with Crippen molar-refractivity contribution in [1.29, 1.82) is 0 Å². The summed E-state index contributed by atoms with van der Waals surface area (Å²) in [6.07, 6.45) is -4.49. The van der Waals surface area contributed by atoms with Gasteiger partial charge in [0.05, 0.1) is 16.5 Å². The van der Waals surface area contributed by atoms with E-state index in [9.17, 15) is 18.0 Å². The van der Waals surface area contributed by atoms with Gasteiger partial charge in [0.2, 0.25) is 0 Å². The maximum absolute atomic E-state index is 12.3. The Morgan fingerprint density at radius 3 is 2.40 bits per heavy atom. The molecule has 15 heavy (non-hydrogen) atoms. The summed E-state index contributed by atoms with van der Waals surface area (Å²) in [5, 5.41) is -0.0337. The Kier molecular flexibility index (Phi) is 3.62. The summed E-state index contributed by atoms with van der Waals surface area (Å²) in [6.45, 7) is 0. The molecule has 0 aliphatic carbocycles. The molecule has 0 spiro atoms. The first-order chi connectivity index (χ1) is 6.86. The molecule has 1 aromatic rings. The molecule has 0 N–H and O–H groups in total. The van der Waals surface area contributed by atoms with Crippen LogP contribution in [0, 0.1) is 0 Å². The van der Waals surface area contributed by atoms with Crippen LogP contribution in [0.2, 0.25) is 5.02 Å². The van der Waals surface area contributed by atoms with Crippen LogP contribution in [0.4, 0.5) is 13.2 Å². The van der Waals surface area contributed by atoms with Gasteiger partial charge in [-0.25, -0.2) is 0 Å². The van der Waals surface area contributed by atoms with Crippen LogP contribution in [0.25, 0.3) is 0 Å². The Morgan fingerprint density at radius 1 is 1.33 bits per heavy atom.